The van der Waals surface area contributed by atoms with E-state index in [2.05, 4.69) is 4.98 Å². The predicted molar refractivity (Wildman–Crippen MR) is 80.6 cm³/mol. The summed E-state index contributed by atoms with van der Waals surface area (Å²) in [6.45, 7) is 0. The maximum absolute atomic E-state index is 13.4. The number of benzene rings is 2. The second-order valence-electron chi connectivity index (χ2n) is 4.76. The van der Waals surface area contributed by atoms with Crippen LogP contribution in [0, 0.1) is 5.82 Å². The van der Waals surface area contributed by atoms with Gasteiger partial charge in [0.05, 0.1) is 23.9 Å². The number of aromatic nitrogens is 1. The number of rotatable bonds is 3. The molecule has 0 radical (unpaired) electrons. The predicted octanol–water partition coefficient (Wildman–Crippen LogP) is 3.75. The first-order chi connectivity index (χ1) is 10.6. The first-order valence-electron chi connectivity index (χ1n) is 6.56. The first kappa shape index (κ1) is 14.0. The Kier molecular flexibility index (Phi) is 3.47. The molecule has 3 aromatic rings. The molecule has 0 fully saturated rings. The minimum absolute atomic E-state index is 0.137. The molecule has 2 aromatic carbocycles. The van der Waals surface area contributed by atoms with E-state index < -0.39 is 5.97 Å². The number of carboxylic acid groups (broad SMARTS) is 1. The second kappa shape index (κ2) is 5.44. The molecule has 0 spiro atoms. The van der Waals surface area contributed by atoms with Crippen molar-refractivity contribution in [3.8, 4) is 17.0 Å². The van der Waals surface area contributed by atoms with Gasteiger partial charge in [0, 0.05) is 17.0 Å². The van der Waals surface area contributed by atoms with Crippen molar-refractivity contribution >= 4 is 16.9 Å². The Balaban J connectivity index is 2.25. The zero-order valence-electron chi connectivity index (χ0n) is 11.7. The van der Waals surface area contributed by atoms with Gasteiger partial charge in [-0.3, -0.25) is 0 Å². The molecule has 0 unspecified atom stereocenters. The topological polar surface area (TPSA) is 59.4 Å². The van der Waals surface area contributed by atoms with Gasteiger partial charge in [-0.25, -0.2) is 14.2 Å². The van der Waals surface area contributed by atoms with E-state index in [1.807, 2.05) is 0 Å². The van der Waals surface area contributed by atoms with Gasteiger partial charge in [-0.1, -0.05) is 12.1 Å². The lowest BCUT2D eigenvalue weighted by molar-refractivity contribution is 0.0697. The number of pyridine rings is 1. The molecule has 0 bridgehead atoms. The number of hydrogen-bond donors (Lipinski definition) is 1. The monoisotopic (exact) mass is 297 g/mol. The van der Waals surface area contributed by atoms with E-state index in [1.54, 1.807) is 24.3 Å². The average Bonchev–Trinajstić information content (AvgIpc) is 2.53. The number of aromatic carboxylic acids is 1. The Morgan fingerprint density at radius 2 is 2.00 bits per heavy atom. The van der Waals surface area contributed by atoms with Gasteiger partial charge in [-0.2, -0.15) is 0 Å². The van der Waals surface area contributed by atoms with Crippen molar-refractivity contribution in [1.29, 1.82) is 0 Å². The minimum atomic E-state index is -1.03. The first-order valence-corrected chi connectivity index (χ1v) is 6.56. The highest BCUT2D eigenvalue weighted by Gasteiger charge is 2.11. The summed E-state index contributed by atoms with van der Waals surface area (Å²) < 4.78 is 18.7. The summed E-state index contributed by atoms with van der Waals surface area (Å²) in [6.07, 6.45) is 0. The molecule has 0 aliphatic carbocycles. The largest absolute Gasteiger partial charge is 0.496 e. The van der Waals surface area contributed by atoms with Crippen LogP contribution in [0.25, 0.3) is 22.2 Å². The van der Waals surface area contributed by atoms with Crippen LogP contribution >= 0.6 is 0 Å². The van der Waals surface area contributed by atoms with Crippen molar-refractivity contribution in [3.63, 3.8) is 0 Å². The van der Waals surface area contributed by atoms with Crippen LogP contribution in [0.2, 0.25) is 0 Å². The summed E-state index contributed by atoms with van der Waals surface area (Å²) in [4.78, 5) is 15.5. The highest BCUT2D eigenvalue weighted by molar-refractivity contribution is 5.95. The van der Waals surface area contributed by atoms with Gasteiger partial charge in [0.15, 0.2) is 0 Å². The Morgan fingerprint density at radius 3 is 2.68 bits per heavy atom. The van der Waals surface area contributed by atoms with E-state index in [0.29, 0.717) is 27.9 Å². The lowest BCUT2D eigenvalue weighted by atomic mass is 10.1. The van der Waals surface area contributed by atoms with E-state index in [-0.39, 0.29) is 11.4 Å². The maximum Gasteiger partial charge on any atom is 0.335 e. The highest BCUT2D eigenvalue weighted by Crippen LogP contribution is 2.30. The van der Waals surface area contributed by atoms with Crippen LogP contribution in [0.15, 0.2) is 48.5 Å². The zero-order chi connectivity index (χ0) is 15.7. The van der Waals surface area contributed by atoms with Crippen LogP contribution < -0.4 is 4.74 Å². The molecule has 0 aliphatic rings. The maximum atomic E-state index is 13.4. The molecule has 0 saturated heterocycles. The average molecular weight is 297 g/mol. The van der Waals surface area contributed by atoms with E-state index in [9.17, 15) is 9.18 Å². The number of halogens is 1. The van der Waals surface area contributed by atoms with Crippen molar-refractivity contribution in [3.05, 3.63) is 59.9 Å². The molecular formula is C17H12FNO3. The number of methoxy groups -OCH3 is 1. The number of carboxylic acids is 1. The molecule has 110 valence electrons. The van der Waals surface area contributed by atoms with Crippen molar-refractivity contribution in [2.24, 2.45) is 0 Å². The van der Waals surface area contributed by atoms with Crippen molar-refractivity contribution in [2.75, 3.05) is 7.11 Å². The Bertz CT molecular complexity index is 877. The third-order valence-electron chi connectivity index (χ3n) is 3.36. The Hall–Kier alpha value is -2.95. The molecule has 5 heteroatoms. The summed E-state index contributed by atoms with van der Waals surface area (Å²) >= 11 is 0. The standard InChI is InChI=1S/C17H12FNO3/c1-22-16-9-14(10-3-2-4-12(18)7-10)19-15-8-11(17(20)21)5-6-13(15)16/h2-9H,1H3,(H,20,21). The third kappa shape index (κ3) is 2.48. The molecule has 1 heterocycles. The molecule has 0 aliphatic heterocycles. The third-order valence-corrected chi connectivity index (χ3v) is 3.36. The van der Waals surface area contributed by atoms with Crippen LogP contribution in [0.3, 0.4) is 0 Å². The van der Waals surface area contributed by atoms with Crippen LogP contribution in [-0.4, -0.2) is 23.2 Å². The Morgan fingerprint density at radius 1 is 1.18 bits per heavy atom. The number of carbonyl (C=O) groups is 1. The fraction of sp³-hybridized carbons (Fsp3) is 0.0588. The summed E-state index contributed by atoms with van der Waals surface area (Å²) in [5, 5.41) is 9.79. The molecule has 4 nitrogen and oxygen atoms in total. The van der Waals surface area contributed by atoms with Gasteiger partial charge in [0.2, 0.25) is 0 Å². The number of ether oxygens (including phenoxy) is 1. The molecule has 1 aromatic heterocycles. The van der Waals surface area contributed by atoms with Gasteiger partial charge < -0.3 is 9.84 Å². The molecule has 0 amide bonds. The lowest BCUT2D eigenvalue weighted by Gasteiger charge is -2.09. The Labute approximate surface area is 125 Å². The molecular weight excluding hydrogens is 285 g/mol. The number of hydrogen-bond acceptors (Lipinski definition) is 3. The normalized spacial score (nSPS) is 10.6. The summed E-state index contributed by atoms with van der Waals surface area (Å²) in [7, 11) is 1.52. The van der Waals surface area contributed by atoms with Gasteiger partial charge in [-0.15, -0.1) is 0 Å². The minimum Gasteiger partial charge on any atom is -0.496 e. The van der Waals surface area contributed by atoms with Gasteiger partial charge in [0.25, 0.3) is 0 Å². The quantitative estimate of drug-likeness (QED) is 0.800. The van der Waals surface area contributed by atoms with Gasteiger partial charge >= 0.3 is 5.97 Å². The summed E-state index contributed by atoms with van der Waals surface area (Å²) in [6, 6.07) is 12.4. The van der Waals surface area contributed by atoms with Crippen molar-refractivity contribution in [1.82, 2.24) is 4.98 Å². The van der Waals surface area contributed by atoms with E-state index in [4.69, 9.17) is 9.84 Å². The van der Waals surface area contributed by atoms with Crippen LogP contribution in [0.5, 0.6) is 5.75 Å². The van der Waals surface area contributed by atoms with Crippen molar-refractivity contribution in [2.45, 2.75) is 0 Å². The SMILES string of the molecule is COc1cc(-c2cccc(F)c2)nc2cc(C(=O)O)ccc12. The molecule has 0 saturated carbocycles. The molecule has 1 N–H and O–H groups in total. The zero-order valence-corrected chi connectivity index (χ0v) is 11.7. The molecule has 22 heavy (non-hydrogen) atoms. The molecule has 3 rings (SSSR count). The van der Waals surface area contributed by atoms with E-state index >= 15 is 0 Å². The van der Waals surface area contributed by atoms with E-state index in [1.165, 1.54) is 31.4 Å². The van der Waals surface area contributed by atoms with E-state index in [0.717, 1.165) is 0 Å². The lowest BCUT2D eigenvalue weighted by Crippen LogP contribution is -1.97. The van der Waals surface area contributed by atoms with Crippen molar-refractivity contribution < 1.29 is 19.0 Å². The fourth-order valence-electron chi connectivity index (χ4n) is 2.29. The number of nitrogens with zero attached hydrogens (tertiary/aromatic N) is 1. The smallest absolute Gasteiger partial charge is 0.335 e. The molecule has 0 atom stereocenters. The summed E-state index contributed by atoms with van der Waals surface area (Å²) in [5.41, 5.74) is 1.74. The van der Waals surface area contributed by atoms with Crippen LogP contribution in [0.4, 0.5) is 4.39 Å². The second-order valence-corrected chi connectivity index (χ2v) is 4.76. The summed E-state index contributed by atoms with van der Waals surface area (Å²) in [5.74, 6) is -0.835. The van der Waals surface area contributed by atoms with Gasteiger partial charge in [-0.05, 0) is 30.3 Å². The fourth-order valence-corrected chi connectivity index (χ4v) is 2.29. The van der Waals surface area contributed by atoms with Gasteiger partial charge in [0.1, 0.15) is 11.6 Å². The van der Waals surface area contributed by atoms with Crippen LogP contribution in [-0.2, 0) is 0 Å². The number of fused-ring (bicyclic) bond motifs is 1. The highest BCUT2D eigenvalue weighted by atomic mass is 19.1. The van der Waals surface area contributed by atoms with Crippen LogP contribution in [0.1, 0.15) is 10.4 Å².